The number of aromatic nitrogens is 1. The van der Waals surface area contributed by atoms with Crippen LogP contribution in [0.2, 0.25) is 5.02 Å². The van der Waals surface area contributed by atoms with Crippen LogP contribution in [-0.4, -0.2) is 29.4 Å². The topological polar surface area (TPSA) is 42.0 Å². The molecule has 82 valence electrons. The molecule has 0 aromatic carbocycles. The minimum Gasteiger partial charge on any atom is -0.351 e. The van der Waals surface area contributed by atoms with Crippen molar-refractivity contribution in [2.45, 2.75) is 6.42 Å². The van der Waals surface area contributed by atoms with Crippen molar-refractivity contribution in [1.82, 2.24) is 10.3 Å². The summed E-state index contributed by atoms with van der Waals surface area (Å²) in [6.07, 6.45) is 4.53. The number of amides is 1. The van der Waals surface area contributed by atoms with E-state index >= 15 is 0 Å². The van der Waals surface area contributed by atoms with E-state index in [0.29, 0.717) is 17.3 Å². The third-order valence-electron chi connectivity index (χ3n) is 1.77. The molecule has 0 unspecified atom stereocenters. The quantitative estimate of drug-likeness (QED) is 0.808. The first-order valence-corrected chi connectivity index (χ1v) is 6.40. The van der Waals surface area contributed by atoms with E-state index in [4.69, 9.17) is 11.6 Å². The van der Waals surface area contributed by atoms with Gasteiger partial charge in [0.05, 0.1) is 0 Å². The largest absolute Gasteiger partial charge is 0.351 e. The molecule has 0 saturated heterocycles. The molecule has 0 spiro atoms. The normalized spacial score (nSPS) is 10.0. The van der Waals surface area contributed by atoms with Crippen LogP contribution >= 0.6 is 23.4 Å². The van der Waals surface area contributed by atoms with Crippen LogP contribution in [0.3, 0.4) is 0 Å². The summed E-state index contributed by atoms with van der Waals surface area (Å²) in [6, 6.07) is 3.21. The number of nitrogens with one attached hydrogen (secondary N) is 1. The highest BCUT2D eigenvalue weighted by atomic mass is 35.5. The standard InChI is InChI=1S/C10H13ClN2OS/c1-15-6-2-4-13-10(14)9-7-8(11)3-5-12-9/h3,5,7H,2,4,6H2,1H3,(H,13,14). The number of pyridine rings is 1. The van der Waals surface area contributed by atoms with E-state index in [2.05, 4.69) is 10.3 Å². The van der Waals surface area contributed by atoms with Crippen LogP contribution in [0, 0.1) is 0 Å². The first-order chi connectivity index (χ1) is 7.24. The van der Waals surface area contributed by atoms with Crippen molar-refractivity contribution < 1.29 is 4.79 Å². The molecule has 1 amide bonds. The predicted molar refractivity (Wildman–Crippen MR) is 64.6 cm³/mol. The second-order valence-electron chi connectivity index (χ2n) is 2.96. The molecule has 0 aliphatic carbocycles. The SMILES string of the molecule is CSCCCNC(=O)c1cc(Cl)ccn1. The van der Waals surface area contributed by atoms with Gasteiger partial charge in [0.15, 0.2) is 0 Å². The molecule has 5 heteroatoms. The zero-order valence-corrected chi connectivity index (χ0v) is 10.1. The van der Waals surface area contributed by atoms with Crippen molar-refractivity contribution in [3.05, 3.63) is 29.0 Å². The molecule has 1 aromatic heterocycles. The number of thioether (sulfide) groups is 1. The first kappa shape index (κ1) is 12.3. The number of halogens is 1. The van der Waals surface area contributed by atoms with Crippen LogP contribution in [0.1, 0.15) is 16.9 Å². The summed E-state index contributed by atoms with van der Waals surface area (Å²) in [4.78, 5) is 15.5. The minimum atomic E-state index is -0.168. The van der Waals surface area contributed by atoms with Crippen LogP contribution < -0.4 is 5.32 Å². The summed E-state index contributed by atoms with van der Waals surface area (Å²) in [5.74, 6) is 0.877. The Morgan fingerprint density at radius 2 is 2.47 bits per heavy atom. The van der Waals surface area contributed by atoms with E-state index in [1.165, 1.54) is 6.20 Å². The van der Waals surface area contributed by atoms with E-state index in [1.54, 1.807) is 23.9 Å². The predicted octanol–water partition coefficient (Wildman–Crippen LogP) is 2.22. The lowest BCUT2D eigenvalue weighted by Gasteiger charge is -2.03. The molecule has 0 aliphatic rings. The molecule has 0 fully saturated rings. The van der Waals surface area contributed by atoms with Crippen LogP contribution in [0.15, 0.2) is 18.3 Å². The van der Waals surface area contributed by atoms with Gasteiger partial charge in [-0.3, -0.25) is 9.78 Å². The number of carbonyl (C=O) groups is 1. The molecule has 0 radical (unpaired) electrons. The summed E-state index contributed by atoms with van der Waals surface area (Å²) in [7, 11) is 0. The van der Waals surface area contributed by atoms with E-state index in [1.807, 2.05) is 6.26 Å². The summed E-state index contributed by atoms with van der Waals surface area (Å²) in [5, 5.41) is 3.31. The summed E-state index contributed by atoms with van der Waals surface area (Å²) >= 11 is 7.51. The molecule has 0 bridgehead atoms. The van der Waals surface area contributed by atoms with Gasteiger partial charge < -0.3 is 5.32 Å². The molecule has 1 aromatic rings. The lowest BCUT2D eigenvalue weighted by atomic mass is 10.3. The van der Waals surface area contributed by atoms with Gasteiger partial charge in [0.1, 0.15) is 5.69 Å². The van der Waals surface area contributed by atoms with Gasteiger partial charge in [-0.1, -0.05) is 11.6 Å². The average Bonchev–Trinajstić information content (AvgIpc) is 2.24. The van der Waals surface area contributed by atoms with E-state index < -0.39 is 0 Å². The van der Waals surface area contributed by atoms with Gasteiger partial charge in [0.2, 0.25) is 0 Å². The van der Waals surface area contributed by atoms with Gasteiger partial charge in [-0.15, -0.1) is 0 Å². The Kier molecular flexibility index (Phi) is 5.50. The Morgan fingerprint density at radius 1 is 1.67 bits per heavy atom. The molecule has 1 rings (SSSR count). The summed E-state index contributed by atoms with van der Waals surface area (Å²) in [5.41, 5.74) is 0.367. The summed E-state index contributed by atoms with van der Waals surface area (Å²) in [6.45, 7) is 0.674. The third kappa shape index (κ3) is 4.53. The Morgan fingerprint density at radius 3 is 3.13 bits per heavy atom. The first-order valence-electron chi connectivity index (χ1n) is 4.62. The van der Waals surface area contributed by atoms with Crippen molar-refractivity contribution in [2.75, 3.05) is 18.6 Å². The Bertz CT molecular complexity index is 333. The van der Waals surface area contributed by atoms with Gasteiger partial charge in [0, 0.05) is 17.8 Å². The number of hydrogen-bond acceptors (Lipinski definition) is 3. The average molecular weight is 245 g/mol. The Labute approximate surface area is 98.6 Å². The van der Waals surface area contributed by atoms with Gasteiger partial charge >= 0.3 is 0 Å². The lowest BCUT2D eigenvalue weighted by molar-refractivity contribution is 0.0949. The van der Waals surface area contributed by atoms with E-state index in [9.17, 15) is 4.79 Å². The fourth-order valence-corrected chi connectivity index (χ4v) is 1.63. The smallest absolute Gasteiger partial charge is 0.269 e. The number of rotatable bonds is 5. The second kappa shape index (κ2) is 6.69. The summed E-state index contributed by atoms with van der Waals surface area (Å²) < 4.78 is 0. The molecule has 1 N–H and O–H groups in total. The Balaban J connectivity index is 2.40. The number of nitrogens with zero attached hydrogens (tertiary/aromatic N) is 1. The van der Waals surface area contributed by atoms with Crippen molar-refractivity contribution in [3.8, 4) is 0 Å². The number of carbonyl (C=O) groups excluding carboxylic acids is 1. The van der Waals surface area contributed by atoms with Gasteiger partial charge in [-0.05, 0) is 30.6 Å². The minimum absolute atomic E-state index is 0.168. The van der Waals surface area contributed by atoms with Crippen LogP contribution in [-0.2, 0) is 0 Å². The maximum absolute atomic E-state index is 11.5. The van der Waals surface area contributed by atoms with Gasteiger partial charge in [-0.25, -0.2) is 0 Å². The fourth-order valence-electron chi connectivity index (χ4n) is 1.04. The monoisotopic (exact) mass is 244 g/mol. The van der Waals surface area contributed by atoms with Gasteiger partial charge in [0.25, 0.3) is 5.91 Å². The van der Waals surface area contributed by atoms with Crippen molar-refractivity contribution in [1.29, 1.82) is 0 Å². The molecule has 1 heterocycles. The molecule has 15 heavy (non-hydrogen) atoms. The molecule has 0 aliphatic heterocycles. The van der Waals surface area contributed by atoms with Crippen LogP contribution in [0.5, 0.6) is 0 Å². The second-order valence-corrected chi connectivity index (χ2v) is 4.38. The zero-order valence-electron chi connectivity index (χ0n) is 8.50. The number of hydrogen-bond donors (Lipinski definition) is 1. The highest BCUT2D eigenvalue weighted by Gasteiger charge is 2.05. The third-order valence-corrected chi connectivity index (χ3v) is 2.70. The van der Waals surface area contributed by atoms with E-state index in [-0.39, 0.29) is 5.91 Å². The molecule has 0 atom stereocenters. The van der Waals surface area contributed by atoms with E-state index in [0.717, 1.165) is 12.2 Å². The molecule has 0 saturated carbocycles. The highest BCUT2D eigenvalue weighted by Crippen LogP contribution is 2.07. The molecular weight excluding hydrogens is 232 g/mol. The van der Waals surface area contributed by atoms with Crippen LogP contribution in [0.4, 0.5) is 0 Å². The van der Waals surface area contributed by atoms with Crippen molar-refractivity contribution in [3.63, 3.8) is 0 Å². The maximum atomic E-state index is 11.5. The Hall–Kier alpha value is -0.740. The fraction of sp³-hybridized carbons (Fsp3) is 0.400. The zero-order chi connectivity index (χ0) is 11.1. The highest BCUT2D eigenvalue weighted by molar-refractivity contribution is 7.98. The lowest BCUT2D eigenvalue weighted by Crippen LogP contribution is -2.25. The maximum Gasteiger partial charge on any atom is 0.269 e. The van der Waals surface area contributed by atoms with Crippen LogP contribution in [0.25, 0.3) is 0 Å². The van der Waals surface area contributed by atoms with Gasteiger partial charge in [-0.2, -0.15) is 11.8 Å². The molecule has 3 nitrogen and oxygen atoms in total. The van der Waals surface area contributed by atoms with Crippen molar-refractivity contribution >= 4 is 29.3 Å². The van der Waals surface area contributed by atoms with Crippen molar-refractivity contribution in [2.24, 2.45) is 0 Å². The molecular formula is C10H13ClN2OS.